The third kappa shape index (κ3) is 6.62. The SMILES string of the molecule is O=C(c1ccccc1)c1ccc(N2C(=O)/C(=C/c3ccccc3S)N=C2c2ccccc2)c(N2C(=O)/C(=C/c3ccccc3S)N=C2c2ccccc2)c1. The molecule has 2 aliphatic rings. The molecular weight excluding hydrogens is 709 g/mol. The van der Waals surface area contributed by atoms with E-state index in [2.05, 4.69) is 25.3 Å². The number of carbonyl (C=O) groups excluding carboxylic acids is 3. The zero-order valence-corrected chi connectivity index (χ0v) is 30.4. The topological polar surface area (TPSA) is 82.4 Å². The molecule has 0 fully saturated rings. The lowest BCUT2D eigenvalue weighted by atomic mass is 10.0. The number of ketones is 1. The summed E-state index contributed by atoms with van der Waals surface area (Å²) in [4.78, 5) is 57.6. The van der Waals surface area contributed by atoms with E-state index in [1.807, 2.05) is 115 Å². The average Bonchev–Trinajstić information content (AvgIpc) is 3.71. The Balaban J connectivity index is 1.35. The summed E-state index contributed by atoms with van der Waals surface area (Å²) >= 11 is 9.22. The van der Waals surface area contributed by atoms with E-state index in [9.17, 15) is 14.4 Å². The quantitative estimate of drug-likeness (QED) is 0.0929. The van der Waals surface area contributed by atoms with Gasteiger partial charge >= 0.3 is 0 Å². The van der Waals surface area contributed by atoms with Gasteiger partial charge in [0.05, 0.1) is 11.4 Å². The second-order valence-electron chi connectivity index (χ2n) is 12.5. The van der Waals surface area contributed by atoms with E-state index in [1.165, 1.54) is 9.80 Å². The molecule has 54 heavy (non-hydrogen) atoms. The number of hydrogen-bond acceptors (Lipinski definition) is 7. The van der Waals surface area contributed by atoms with Gasteiger partial charge in [-0.3, -0.25) is 24.2 Å². The molecule has 2 heterocycles. The summed E-state index contributed by atoms with van der Waals surface area (Å²) in [5.41, 5.74) is 4.53. The average molecular weight is 739 g/mol. The van der Waals surface area contributed by atoms with Crippen molar-refractivity contribution in [3.63, 3.8) is 0 Å². The number of nitrogens with zero attached hydrogens (tertiary/aromatic N) is 4. The van der Waals surface area contributed by atoms with Crippen molar-refractivity contribution in [2.75, 3.05) is 9.80 Å². The summed E-state index contributed by atoms with van der Waals surface area (Å²) < 4.78 is 0. The first-order chi connectivity index (χ1) is 26.4. The van der Waals surface area contributed by atoms with Crippen LogP contribution in [0.5, 0.6) is 0 Å². The van der Waals surface area contributed by atoms with Crippen LogP contribution in [0.1, 0.15) is 38.2 Å². The Bertz CT molecular complexity index is 2580. The van der Waals surface area contributed by atoms with Crippen molar-refractivity contribution >= 4 is 78.1 Å². The molecule has 6 aromatic carbocycles. The fraction of sp³-hybridized carbons (Fsp3) is 0. The summed E-state index contributed by atoms with van der Waals surface area (Å²) in [5, 5.41) is 0. The number of hydrogen-bond donors (Lipinski definition) is 2. The van der Waals surface area contributed by atoms with Gasteiger partial charge in [-0.1, -0.05) is 127 Å². The van der Waals surface area contributed by atoms with E-state index in [1.54, 1.807) is 54.6 Å². The van der Waals surface area contributed by atoms with Crippen LogP contribution >= 0.6 is 25.3 Å². The lowest BCUT2D eigenvalue weighted by molar-refractivity contribution is -0.114. The van der Waals surface area contributed by atoms with E-state index in [0.717, 1.165) is 5.56 Å². The molecule has 260 valence electrons. The van der Waals surface area contributed by atoms with E-state index >= 15 is 0 Å². The molecule has 0 unspecified atom stereocenters. The molecule has 0 N–H and O–H groups in total. The van der Waals surface area contributed by atoms with Crippen LogP contribution in [0.3, 0.4) is 0 Å². The minimum atomic E-state index is -0.444. The van der Waals surface area contributed by atoms with E-state index in [0.29, 0.717) is 55.0 Å². The van der Waals surface area contributed by atoms with Crippen LogP contribution < -0.4 is 9.80 Å². The Morgan fingerprint density at radius 3 is 1.39 bits per heavy atom. The van der Waals surface area contributed by atoms with Gasteiger partial charge in [0.25, 0.3) is 11.8 Å². The summed E-state index contributed by atoms with van der Waals surface area (Å²) in [5.74, 6) is -0.419. The Morgan fingerprint density at radius 1 is 0.481 bits per heavy atom. The highest BCUT2D eigenvalue weighted by molar-refractivity contribution is 7.80. The van der Waals surface area contributed by atoms with Gasteiger partial charge in [0, 0.05) is 32.0 Å². The van der Waals surface area contributed by atoms with Crippen molar-refractivity contribution in [3.05, 3.63) is 203 Å². The minimum Gasteiger partial charge on any atom is -0.289 e. The van der Waals surface area contributed by atoms with Gasteiger partial charge in [-0.25, -0.2) is 9.98 Å². The molecule has 0 aromatic heterocycles. The third-order valence-electron chi connectivity index (χ3n) is 9.00. The molecule has 0 saturated carbocycles. The molecule has 8 rings (SSSR count). The van der Waals surface area contributed by atoms with Crippen LogP contribution in [0.15, 0.2) is 189 Å². The predicted octanol–water partition coefficient (Wildman–Crippen LogP) is 9.16. The predicted molar refractivity (Wildman–Crippen MR) is 221 cm³/mol. The molecular formula is C45H30N4O3S2. The first-order valence-electron chi connectivity index (χ1n) is 17.1. The highest BCUT2D eigenvalue weighted by Crippen LogP contribution is 2.40. The lowest BCUT2D eigenvalue weighted by Crippen LogP contribution is -2.38. The molecule has 7 nitrogen and oxygen atoms in total. The number of amidine groups is 2. The molecule has 0 radical (unpaired) electrons. The number of benzene rings is 6. The molecule has 6 aromatic rings. The maximum atomic E-state index is 14.8. The zero-order valence-electron chi connectivity index (χ0n) is 28.6. The second-order valence-corrected chi connectivity index (χ2v) is 13.4. The first kappa shape index (κ1) is 34.5. The third-order valence-corrected chi connectivity index (χ3v) is 9.81. The van der Waals surface area contributed by atoms with E-state index in [-0.39, 0.29) is 22.9 Å². The number of thiol groups is 2. The second kappa shape index (κ2) is 14.8. The van der Waals surface area contributed by atoms with Gasteiger partial charge in [-0.15, -0.1) is 25.3 Å². The summed E-state index contributed by atoms with van der Waals surface area (Å²) in [6.45, 7) is 0. The lowest BCUT2D eigenvalue weighted by Gasteiger charge is -2.27. The highest BCUT2D eigenvalue weighted by Gasteiger charge is 2.39. The zero-order chi connectivity index (χ0) is 37.2. The molecule has 2 amide bonds. The van der Waals surface area contributed by atoms with Crippen LogP contribution in [-0.4, -0.2) is 29.3 Å². The van der Waals surface area contributed by atoms with E-state index < -0.39 is 11.8 Å². The first-order valence-corrected chi connectivity index (χ1v) is 18.0. The Morgan fingerprint density at radius 2 is 0.907 bits per heavy atom. The van der Waals surface area contributed by atoms with Gasteiger partial charge in [-0.2, -0.15) is 0 Å². The molecule has 0 spiro atoms. The fourth-order valence-corrected chi connectivity index (χ4v) is 6.80. The van der Waals surface area contributed by atoms with E-state index in [4.69, 9.17) is 9.98 Å². The normalized spacial score (nSPS) is 15.6. The van der Waals surface area contributed by atoms with Crippen LogP contribution in [0.2, 0.25) is 0 Å². The van der Waals surface area contributed by atoms with Gasteiger partial charge in [0.1, 0.15) is 23.1 Å². The number of rotatable bonds is 8. The molecule has 9 heteroatoms. The number of carbonyl (C=O) groups is 3. The van der Waals surface area contributed by atoms with Gasteiger partial charge in [0.15, 0.2) is 5.78 Å². The summed E-state index contributed by atoms with van der Waals surface area (Å²) in [7, 11) is 0. The van der Waals surface area contributed by atoms with Crippen molar-refractivity contribution in [3.8, 4) is 0 Å². The molecule has 0 aliphatic carbocycles. The van der Waals surface area contributed by atoms with Crippen molar-refractivity contribution < 1.29 is 14.4 Å². The summed E-state index contributed by atoms with van der Waals surface area (Å²) in [6, 6.07) is 47.5. The molecule has 0 bridgehead atoms. The Labute approximate surface area is 323 Å². The maximum absolute atomic E-state index is 14.8. The number of aliphatic imine (C=N–C) groups is 2. The standard InChI is InChI=1S/C45H30N4O3S2/c50-41(29-14-4-1-5-15-29)34-24-25-37(48-42(30-16-6-2-7-17-30)46-35(44(48)51)26-32-20-10-12-22-39(32)53)38(28-34)49-43(31-18-8-3-9-19-31)47-36(45(49)52)27-33-21-11-13-23-40(33)54/h1-28,53-54H/b35-26-,36-27-. The molecule has 0 atom stereocenters. The number of amides is 2. The fourth-order valence-electron chi connectivity index (χ4n) is 6.34. The minimum absolute atomic E-state index is 0.164. The monoisotopic (exact) mass is 738 g/mol. The van der Waals surface area contributed by atoms with Crippen molar-refractivity contribution in [1.82, 2.24) is 0 Å². The largest absolute Gasteiger partial charge is 0.289 e. The Hall–Kier alpha value is -6.55. The van der Waals surface area contributed by atoms with Crippen molar-refractivity contribution in [1.29, 1.82) is 0 Å². The van der Waals surface area contributed by atoms with Gasteiger partial charge < -0.3 is 0 Å². The van der Waals surface area contributed by atoms with Gasteiger partial charge in [-0.05, 0) is 53.6 Å². The van der Waals surface area contributed by atoms with Crippen molar-refractivity contribution in [2.24, 2.45) is 9.98 Å². The molecule has 2 aliphatic heterocycles. The maximum Gasteiger partial charge on any atom is 0.282 e. The highest BCUT2D eigenvalue weighted by atomic mass is 32.1. The smallest absolute Gasteiger partial charge is 0.282 e. The number of anilines is 2. The summed E-state index contributed by atoms with van der Waals surface area (Å²) in [6.07, 6.45) is 3.40. The van der Waals surface area contributed by atoms with Gasteiger partial charge in [0.2, 0.25) is 0 Å². The van der Waals surface area contributed by atoms with Crippen LogP contribution in [0.25, 0.3) is 12.2 Å². The van der Waals surface area contributed by atoms with Crippen molar-refractivity contribution in [2.45, 2.75) is 9.79 Å². The van der Waals surface area contributed by atoms with Crippen LogP contribution in [-0.2, 0) is 9.59 Å². The van der Waals surface area contributed by atoms with Crippen LogP contribution in [0.4, 0.5) is 11.4 Å². The molecule has 0 saturated heterocycles. The Kier molecular flexibility index (Phi) is 9.48. The van der Waals surface area contributed by atoms with Crippen LogP contribution in [0, 0.1) is 0 Å².